The first-order valence-corrected chi connectivity index (χ1v) is 9.56. The molecule has 10 heteroatoms. The number of ether oxygens (including phenoxy) is 1. The maximum absolute atomic E-state index is 12.1. The number of para-hydroxylation sites is 1. The Morgan fingerprint density at radius 2 is 1.68 bits per heavy atom. The van der Waals surface area contributed by atoms with Crippen molar-refractivity contribution in [2.24, 2.45) is 5.10 Å². The van der Waals surface area contributed by atoms with Crippen LogP contribution >= 0.6 is 23.2 Å². The van der Waals surface area contributed by atoms with E-state index in [1.807, 2.05) is 0 Å². The Morgan fingerprint density at radius 3 is 2.35 bits per heavy atom. The second-order valence-electron chi connectivity index (χ2n) is 6.11. The molecule has 0 fully saturated rings. The number of esters is 1. The number of amides is 2. The molecule has 0 spiro atoms. The summed E-state index contributed by atoms with van der Waals surface area (Å²) < 4.78 is 10.4. The molecule has 0 aliphatic heterocycles. The Kier molecular flexibility index (Phi) is 7.07. The lowest BCUT2D eigenvalue weighted by atomic mass is 10.1. The van der Waals surface area contributed by atoms with Crippen molar-refractivity contribution in [2.45, 2.75) is 6.92 Å². The molecule has 0 bridgehead atoms. The van der Waals surface area contributed by atoms with Crippen LogP contribution in [0.3, 0.4) is 0 Å². The van der Waals surface area contributed by atoms with E-state index in [0.29, 0.717) is 21.3 Å². The third kappa shape index (κ3) is 5.94. The maximum atomic E-state index is 12.1. The van der Waals surface area contributed by atoms with Gasteiger partial charge in [0.25, 0.3) is 0 Å². The number of carbonyl (C=O) groups is 3. The quantitative estimate of drug-likeness (QED) is 0.194. The Morgan fingerprint density at radius 1 is 0.968 bits per heavy atom. The molecular weight excluding hydrogens is 445 g/mol. The topological polar surface area (TPSA) is 110 Å². The molecule has 0 radical (unpaired) electrons. The van der Waals surface area contributed by atoms with Gasteiger partial charge in [0.1, 0.15) is 5.75 Å². The first kappa shape index (κ1) is 22.1. The molecule has 31 heavy (non-hydrogen) atoms. The van der Waals surface area contributed by atoms with Gasteiger partial charge in [0.05, 0.1) is 12.0 Å². The lowest BCUT2D eigenvalue weighted by molar-refractivity contribution is -0.136. The van der Waals surface area contributed by atoms with E-state index in [1.165, 1.54) is 30.5 Å². The normalized spacial score (nSPS) is 11.0. The summed E-state index contributed by atoms with van der Waals surface area (Å²) in [5.41, 5.74) is 3.14. The first-order chi connectivity index (χ1) is 14.8. The zero-order valence-electron chi connectivity index (χ0n) is 16.0. The van der Waals surface area contributed by atoms with Crippen molar-refractivity contribution in [3.8, 4) is 5.75 Å². The van der Waals surface area contributed by atoms with Gasteiger partial charge in [-0.15, -0.1) is 0 Å². The van der Waals surface area contributed by atoms with Crippen molar-refractivity contribution < 1.29 is 23.5 Å². The molecular formula is C21H15Cl2N3O5. The number of anilines is 1. The van der Waals surface area contributed by atoms with Crippen molar-refractivity contribution in [2.75, 3.05) is 5.32 Å². The van der Waals surface area contributed by atoms with Crippen LogP contribution < -0.4 is 15.5 Å². The van der Waals surface area contributed by atoms with Crippen LogP contribution in [0.25, 0.3) is 0 Å². The largest absolute Gasteiger partial charge is 0.457 e. The van der Waals surface area contributed by atoms with E-state index in [2.05, 4.69) is 15.8 Å². The van der Waals surface area contributed by atoms with E-state index in [9.17, 15) is 14.4 Å². The molecule has 1 aromatic heterocycles. The van der Waals surface area contributed by atoms with Crippen molar-refractivity contribution in [3.05, 3.63) is 82.2 Å². The molecule has 158 valence electrons. The molecule has 0 unspecified atom stereocenters. The summed E-state index contributed by atoms with van der Waals surface area (Å²) in [6.45, 7) is 1.58. The number of rotatable bonds is 5. The minimum absolute atomic E-state index is 0.0375. The average molecular weight is 460 g/mol. The fraction of sp³-hybridized carbons (Fsp3) is 0.0476. The van der Waals surface area contributed by atoms with Crippen LogP contribution in [0.15, 0.2) is 70.4 Å². The number of carbonyl (C=O) groups excluding carboxylic acids is 3. The van der Waals surface area contributed by atoms with Crippen molar-refractivity contribution in [1.82, 2.24) is 5.43 Å². The Bertz CT molecular complexity index is 1140. The summed E-state index contributed by atoms with van der Waals surface area (Å²) in [5.74, 6) is -2.42. The Balaban J connectivity index is 1.68. The van der Waals surface area contributed by atoms with Gasteiger partial charge in [0, 0.05) is 21.3 Å². The van der Waals surface area contributed by atoms with Gasteiger partial charge >= 0.3 is 17.8 Å². The fourth-order valence-corrected chi connectivity index (χ4v) is 2.98. The minimum atomic E-state index is -1.01. The van der Waals surface area contributed by atoms with Crippen LogP contribution in [0, 0.1) is 0 Å². The number of hydrogen-bond donors (Lipinski definition) is 2. The predicted molar refractivity (Wildman–Crippen MR) is 116 cm³/mol. The number of hydrazone groups is 1. The van der Waals surface area contributed by atoms with E-state index >= 15 is 0 Å². The highest BCUT2D eigenvalue weighted by Crippen LogP contribution is 2.22. The van der Waals surface area contributed by atoms with Gasteiger partial charge < -0.3 is 14.5 Å². The molecule has 0 aliphatic rings. The van der Waals surface area contributed by atoms with Gasteiger partial charge in [-0.25, -0.2) is 10.2 Å². The number of halogens is 2. The number of benzene rings is 2. The lowest BCUT2D eigenvalue weighted by Crippen LogP contribution is -2.33. The summed E-state index contributed by atoms with van der Waals surface area (Å²) in [7, 11) is 0. The highest BCUT2D eigenvalue weighted by atomic mass is 35.5. The van der Waals surface area contributed by atoms with Gasteiger partial charge in [-0.2, -0.15) is 5.10 Å². The molecule has 3 aromatic rings. The number of furan rings is 1. The second kappa shape index (κ2) is 9.92. The molecule has 8 nitrogen and oxygen atoms in total. The molecule has 0 aliphatic carbocycles. The highest BCUT2D eigenvalue weighted by Gasteiger charge is 2.17. The molecule has 2 N–H and O–H groups in total. The average Bonchev–Trinajstić information content (AvgIpc) is 3.26. The fourth-order valence-electron chi connectivity index (χ4n) is 2.46. The summed E-state index contributed by atoms with van der Waals surface area (Å²) in [6, 6.07) is 14.0. The third-order valence-corrected chi connectivity index (χ3v) is 4.29. The second-order valence-corrected chi connectivity index (χ2v) is 6.99. The molecule has 0 saturated heterocycles. The van der Waals surface area contributed by atoms with Crippen LogP contribution in [-0.2, 0) is 9.59 Å². The number of nitrogens with zero attached hydrogens (tertiary/aromatic N) is 1. The number of hydrogen-bond acceptors (Lipinski definition) is 6. The molecule has 0 atom stereocenters. The van der Waals surface area contributed by atoms with E-state index in [0.717, 1.165) is 0 Å². The first-order valence-electron chi connectivity index (χ1n) is 8.80. The monoisotopic (exact) mass is 459 g/mol. The lowest BCUT2D eigenvalue weighted by Gasteiger charge is -2.09. The van der Waals surface area contributed by atoms with Gasteiger partial charge in [0.15, 0.2) is 0 Å². The predicted octanol–water partition coefficient (Wildman–Crippen LogP) is 4.28. The summed E-state index contributed by atoms with van der Waals surface area (Å²) in [6.07, 6.45) is 1.35. The molecule has 0 saturated carbocycles. The van der Waals surface area contributed by atoms with E-state index in [4.69, 9.17) is 32.4 Å². The standard InChI is InChI=1S/C21H15Cl2N3O5/c1-12(16-5-2-3-6-17(16)31-21(29)18-7-4-8-30-18)25-26-20(28)19(27)24-15-10-13(22)9-14(23)11-15/h2-11H,1H3,(H,24,27)(H,26,28). The van der Waals surface area contributed by atoms with Crippen molar-refractivity contribution >= 4 is 52.4 Å². The maximum Gasteiger partial charge on any atom is 0.379 e. The SMILES string of the molecule is CC(=NNC(=O)C(=O)Nc1cc(Cl)cc(Cl)c1)c1ccccc1OC(=O)c1ccco1. The van der Waals surface area contributed by atoms with Crippen LogP contribution in [-0.4, -0.2) is 23.5 Å². The molecule has 2 aromatic carbocycles. The van der Waals surface area contributed by atoms with Gasteiger partial charge in [-0.3, -0.25) is 9.59 Å². The third-order valence-electron chi connectivity index (χ3n) is 3.85. The van der Waals surface area contributed by atoms with E-state index < -0.39 is 17.8 Å². The van der Waals surface area contributed by atoms with Crippen LogP contribution in [0.5, 0.6) is 5.75 Å². The van der Waals surface area contributed by atoms with Crippen molar-refractivity contribution in [1.29, 1.82) is 0 Å². The van der Waals surface area contributed by atoms with Gasteiger partial charge in [0.2, 0.25) is 5.76 Å². The molecule has 2 amide bonds. The zero-order chi connectivity index (χ0) is 22.4. The smallest absolute Gasteiger partial charge is 0.379 e. The van der Waals surface area contributed by atoms with Crippen LogP contribution in [0.2, 0.25) is 10.0 Å². The van der Waals surface area contributed by atoms with E-state index in [-0.39, 0.29) is 17.2 Å². The number of nitrogens with one attached hydrogen (secondary N) is 2. The van der Waals surface area contributed by atoms with E-state index in [1.54, 1.807) is 37.3 Å². The zero-order valence-corrected chi connectivity index (χ0v) is 17.5. The van der Waals surface area contributed by atoms with Gasteiger partial charge in [-0.05, 0) is 49.4 Å². The summed E-state index contributed by atoms with van der Waals surface area (Å²) in [4.78, 5) is 36.3. The molecule has 3 rings (SSSR count). The Hall–Kier alpha value is -3.62. The van der Waals surface area contributed by atoms with Crippen LogP contribution in [0.4, 0.5) is 5.69 Å². The Labute approximate surface area is 186 Å². The van der Waals surface area contributed by atoms with Crippen LogP contribution in [0.1, 0.15) is 23.0 Å². The highest BCUT2D eigenvalue weighted by molar-refractivity contribution is 6.40. The summed E-state index contributed by atoms with van der Waals surface area (Å²) in [5, 5.41) is 6.89. The van der Waals surface area contributed by atoms with Crippen molar-refractivity contribution in [3.63, 3.8) is 0 Å². The summed E-state index contributed by atoms with van der Waals surface area (Å²) >= 11 is 11.7. The molecule has 1 heterocycles. The minimum Gasteiger partial charge on any atom is -0.457 e. The van der Waals surface area contributed by atoms with Gasteiger partial charge in [-0.1, -0.05) is 35.3 Å².